The maximum absolute atomic E-state index is 14.1. The number of hydrogen-bond donors (Lipinski definition) is 0. The number of ether oxygens (including phenoxy) is 1. The molecular weight excluding hydrogens is 345 g/mol. The molecule has 0 radical (unpaired) electrons. The molecule has 1 unspecified atom stereocenters. The molecule has 2 fully saturated rings. The van der Waals surface area contributed by atoms with E-state index in [4.69, 9.17) is 4.74 Å². The molecule has 0 spiro atoms. The highest BCUT2D eigenvalue weighted by molar-refractivity contribution is 5.34. The standard InChI is InChI=1S/C20H28FN5O/c1-27-13-12-26-19(14-16-6-2-3-8-18(16)21)22-23-20(26)25-11-10-24-9-5-4-7-17(24)15-25/h2-3,6,8,17H,4-5,7,9-15H2,1H3. The predicted octanol–water partition coefficient (Wildman–Crippen LogP) is 2.33. The summed E-state index contributed by atoms with van der Waals surface area (Å²) in [5.74, 6) is 1.48. The zero-order chi connectivity index (χ0) is 18.6. The normalized spacial score (nSPS) is 20.7. The van der Waals surface area contributed by atoms with Crippen molar-refractivity contribution in [2.75, 3.05) is 44.8 Å². The third-order valence-electron chi connectivity index (χ3n) is 5.75. The summed E-state index contributed by atoms with van der Waals surface area (Å²) < 4.78 is 21.5. The van der Waals surface area contributed by atoms with Crippen molar-refractivity contribution in [3.63, 3.8) is 0 Å². The third kappa shape index (κ3) is 3.99. The molecule has 0 aliphatic carbocycles. The zero-order valence-corrected chi connectivity index (χ0v) is 16.0. The Morgan fingerprint density at radius 2 is 2.04 bits per heavy atom. The van der Waals surface area contributed by atoms with Crippen LogP contribution < -0.4 is 4.90 Å². The molecule has 3 heterocycles. The summed E-state index contributed by atoms with van der Waals surface area (Å²) in [6.45, 7) is 5.50. The van der Waals surface area contributed by atoms with Gasteiger partial charge in [-0.15, -0.1) is 10.2 Å². The lowest BCUT2D eigenvalue weighted by Gasteiger charge is -2.44. The molecule has 2 aliphatic heterocycles. The van der Waals surface area contributed by atoms with Crippen molar-refractivity contribution in [3.8, 4) is 0 Å². The van der Waals surface area contributed by atoms with Gasteiger partial charge in [0.2, 0.25) is 5.95 Å². The lowest BCUT2D eigenvalue weighted by Crippen LogP contribution is -2.55. The first kappa shape index (κ1) is 18.4. The fourth-order valence-corrected chi connectivity index (χ4v) is 4.25. The lowest BCUT2D eigenvalue weighted by molar-refractivity contribution is 0.132. The van der Waals surface area contributed by atoms with Gasteiger partial charge in [0.05, 0.1) is 13.2 Å². The summed E-state index contributed by atoms with van der Waals surface area (Å²) in [6.07, 6.45) is 4.31. The molecule has 2 aliphatic rings. The van der Waals surface area contributed by atoms with Gasteiger partial charge in [-0.1, -0.05) is 24.6 Å². The SMILES string of the molecule is COCCn1c(Cc2ccccc2F)nnc1N1CCN2CCCCC2C1. The quantitative estimate of drug-likeness (QED) is 0.778. The number of benzene rings is 1. The van der Waals surface area contributed by atoms with E-state index in [1.165, 1.54) is 31.9 Å². The van der Waals surface area contributed by atoms with E-state index in [0.717, 1.165) is 31.4 Å². The second kappa shape index (κ2) is 8.35. The van der Waals surface area contributed by atoms with Crippen LogP contribution in [0.1, 0.15) is 30.7 Å². The fourth-order valence-electron chi connectivity index (χ4n) is 4.25. The Labute approximate surface area is 159 Å². The number of piperidine rings is 1. The van der Waals surface area contributed by atoms with Crippen LogP contribution >= 0.6 is 0 Å². The summed E-state index contributed by atoms with van der Waals surface area (Å²) in [6, 6.07) is 7.48. The zero-order valence-electron chi connectivity index (χ0n) is 16.0. The maximum atomic E-state index is 14.1. The van der Waals surface area contributed by atoms with Crippen LogP contribution in [0.4, 0.5) is 10.3 Å². The molecule has 0 N–H and O–H groups in total. The Hall–Kier alpha value is -1.99. The molecule has 7 heteroatoms. The van der Waals surface area contributed by atoms with Crippen LogP contribution in [0.15, 0.2) is 24.3 Å². The van der Waals surface area contributed by atoms with Crippen molar-refractivity contribution >= 4 is 5.95 Å². The highest BCUT2D eigenvalue weighted by Gasteiger charge is 2.31. The Balaban J connectivity index is 1.57. The minimum atomic E-state index is -0.198. The van der Waals surface area contributed by atoms with Gasteiger partial charge in [0.25, 0.3) is 0 Å². The van der Waals surface area contributed by atoms with E-state index >= 15 is 0 Å². The van der Waals surface area contributed by atoms with Crippen molar-refractivity contribution in [1.82, 2.24) is 19.7 Å². The maximum Gasteiger partial charge on any atom is 0.227 e. The van der Waals surface area contributed by atoms with Crippen molar-refractivity contribution < 1.29 is 9.13 Å². The van der Waals surface area contributed by atoms with Crippen LogP contribution in [0, 0.1) is 5.82 Å². The predicted molar refractivity (Wildman–Crippen MR) is 103 cm³/mol. The number of fused-ring (bicyclic) bond motifs is 1. The monoisotopic (exact) mass is 373 g/mol. The van der Waals surface area contributed by atoms with Crippen molar-refractivity contribution in [2.24, 2.45) is 0 Å². The van der Waals surface area contributed by atoms with Gasteiger partial charge in [-0.2, -0.15) is 0 Å². The van der Waals surface area contributed by atoms with E-state index in [1.54, 1.807) is 13.2 Å². The molecule has 4 rings (SSSR count). The molecule has 0 amide bonds. The van der Waals surface area contributed by atoms with Gasteiger partial charge in [0, 0.05) is 39.2 Å². The second-order valence-corrected chi connectivity index (χ2v) is 7.46. The molecular formula is C20H28FN5O. The lowest BCUT2D eigenvalue weighted by atomic mass is 10.00. The van der Waals surface area contributed by atoms with Gasteiger partial charge in [-0.3, -0.25) is 9.47 Å². The largest absolute Gasteiger partial charge is 0.383 e. The van der Waals surface area contributed by atoms with Crippen LogP contribution in [-0.4, -0.2) is 65.6 Å². The highest BCUT2D eigenvalue weighted by Crippen LogP contribution is 2.25. The van der Waals surface area contributed by atoms with Crippen LogP contribution in [0.3, 0.4) is 0 Å². The number of aromatic nitrogens is 3. The molecule has 2 aromatic rings. The summed E-state index contributed by atoms with van der Waals surface area (Å²) >= 11 is 0. The Bertz CT molecular complexity index is 765. The van der Waals surface area contributed by atoms with E-state index in [0.29, 0.717) is 31.2 Å². The van der Waals surface area contributed by atoms with Gasteiger partial charge in [0.1, 0.15) is 11.6 Å². The summed E-state index contributed by atoms with van der Waals surface area (Å²) in [7, 11) is 1.70. The van der Waals surface area contributed by atoms with Crippen molar-refractivity contribution in [2.45, 2.75) is 38.3 Å². The molecule has 27 heavy (non-hydrogen) atoms. The molecule has 146 valence electrons. The van der Waals surface area contributed by atoms with Gasteiger partial charge < -0.3 is 9.64 Å². The summed E-state index contributed by atoms with van der Waals surface area (Å²) in [5, 5.41) is 8.92. The van der Waals surface area contributed by atoms with E-state index in [-0.39, 0.29) is 5.82 Å². The second-order valence-electron chi connectivity index (χ2n) is 7.46. The first-order chi connectivity index (χ1) is 13.3. The van der Waals surface area contributed by atoms with Crippen molar-refractivity contribution in [1.29, 1.82) is 0 Å². The molecule has 0 saturated carbocycles. The van der Waals surface area contributed by atoms with E-state index in [2.05, 4.69) is 24.6 Å². The summed E-state index contributed by atoms with van der Waals surface area (Å²) in [4.78, 5) is 4.95. The topological polar surface area (TPSA) is 46.4 Å². The first-order valence-electron chi connectivity index (χ1n) is 9.89. The first-order valence-corrected chi connectivity index (χ1v) is 9.89. The number of nitrogens with zero attached hydrogens (tertiary/aromatic N) is 5. The summed E-state index contributed by atoms with van der Waals surface area (Å²) in [5.41, 5.74) is 0.646. The number of hydrogen-bond acceptors (Lipinski definition) is 5. The number of methoxy groups -OCH3 is 1. The van der Waals surface area contributed by atoms with E-state index in [9.17, 15) is 4.39 Å². The Morgan fingerprint density at radius 1 is 1.15 bits per heavy atom. The molecule has 1 atom stereocenters. The number of rotatable bonds is 6. The Kier molecular flexibility index (Phi) is 5.69. The van der Waals surface area contributed by atoms with Crippen molar-refractivity contribution in [3.05, 3.63) is 41.5 Å². The van der Waals surface area contributed by atoms with Gasteiger partial charge in [-0.05, 0) is 31.0 Å². The average molecular weight is 373 g/mol. The number of piperazine rings is 1. The molecule has 2 saturated heterocycles. The van der Waals surface area contributed by atoms with E-state index < -0.39 is 0 Å². The number of halogens is 1. The van der Waals surface area contributed by atoms with E-state index in [1.807, 2.05) is 12.1 Å². The van der Waals surface area contributed by atoms with Crippen LogP contribution in [0.2, 0.25) is 0 Å². The highest BCUT2D eigenvalue weighted by atomic mass is 19.1. The molecule has 0 bridgehead atoms. The molecule has 6 nitrogen and oxygen atoms in total. The molecule has 1 aromatic heterocycles. The smallest absolute Gasteiger partial charge is 0.227 e. The number of anilines is 1. The molecule has 1 aromatic carbocycles. The Morgan fingerprint density at radius 3 is 2.89 bits per heavy atom. The van der Waals surface area contributed by atoms with Crippen LogP contribution in [-0.2, 0) is 17.7 Å². The average Bonchev–Trinajstić information content (AvgIpc) is 3.10. The minimum absolute atomic E-state index is 0.198. The van der Waals surface area contributed by atoms with Gasteiger partial charge in [0.15, 0.2) is 0 Å². The van der Waals surface area contributed by atoms with Crippen LogP contribution in [0.25, 0.3) is 0 Å². The fraction of sp³-hybridized carbons (Fsp3) is 0.600. The van der Waals surface area contributed by atoms with Crippen LogP contribution in [0.5, 0.6) is 0 Å². The minimum Gasteiger partial charge on any atom is -0.383 e. The van der Waals surface area contributed by atoms with Gasteiger partial charge in [-0.25, -0.2) is 4.39 Å². The third-order valence-corrected chi connectivity index (χ3v) is 5.75. The van der Waals surface area contributed by atoms with Gasteiger partial charge >= 0.3 is 0 Å².